The van der Waals surface area contributed by atoms with Crippen LogP contribution in [0.3, 0.4) is 0 Å². The number of amides is 2. The van der Waals surface area contributed by atoms with Gasteiger partial charge in [-0.1, -0.05) is 0 Å². The monoisotopic (exact) mass is 290 g/mol. The van der Waals surface area contributed by atoms with Crippen molar-refractivity contribution < 1.29 is 19.8 Å². The van der Waals surface area contributed by atoms with Gasteiger partial charge in [0.1, 0.15) is 17.1 Å². The summed E-state index contributed by atoms with van der Waals surface area (Å²) in [6.45, 7) is 0.290. The number of hydrogen-bond donors (Lipinski definition) is 4. The van der Waals surface area contributed by atoms with E-state index in [9.17, 15) is 14.7 Å². The van der Waals surface area contributed by atoms with Gasteiger partial charge in [-0.3, -0.25) is 0 Å². The lowest BCUT2D eigenvalue weighted by atomic mass is 10.2. The number of nitrogens with zero attached hydrogens (tertiary/aromatic N) is 2. The molecule has 0 saturated carbocycles. The maximum atomic E-state index is 11.9. The van der Waals surface area contributed by atoms with Crippen LogP contribution in [0, 0.1) is 0 Å². The quantitative estimate of drug-likeness (QED) is 0.680. The summed E-state index contributed by atoms with van der Waals surface area (Å²) in [5.74, 6) is -1.01. The number of carboxylic acid groups (broad SMARTS) is 1. The van der Waals surface area contributed by atoms with Gasteiger partial charge in [0.2, 0.25) is 0 Å². The molecule has 0 aliphatic carbocycles. The number of carbonyl (C=O) groups is 2. The number of carboxylic acids is 1. The van der Waals surface area contributed by atoms with E-state index in [2.05, 4.69) is 15.3 Å². The largest absolute Gasteiger partial charge is 0.507 e. The molecular formula is C13H14N4O4. The summed E-state index contributed by atoms with van der Waals surface area (Å²) in [5, 5.41) is 20.9. The average Bonchev–Trinajstić information content (AvgIpc) is 2.91. The Balaban J connectivity index is 2.02. The van der Waals surface area contributed by atoms with Crippen LogP contribution in [-0.2, 0) is 6.54 Å². The number of aromatic nitrogens is 2. The van der Waals surface area contributed by atoms with Crippen molar-refractivity contribution in [3.8, 4) is 5.75 Å². The highest BCUT2D eigenvalue weighted by molar-refractivity contribution is 5.93. The highest BCUT2D eigenvalue weighted by Gasteiger charge is 2.13. The third-order valence-corrected chi connectivity index (χ3v) is 2.77. The Hall–Kier alpha value is -3.03. The minimum Gasteiger partial charge on any atom is -0.507 e. The summed E-state index contributed by atoms with van der Waals surface area (Å²) in [6.07, 6.45) is 3.24. The van der Waals surface area contributed by atoms with Gasteiger partial charge in [0, 0.05) is 31.2 Å². The number of aromatic amines is 1. The van der Waals surface area contributed by atoms with Crippen molar-refractivity contribution in [3.05, 3.63) is 42.0 Å². The predicted molar refractivity (Wildman–Crippen MR) is 74.1 cm³/mol. The van der Waals surface area contributed by atoms with Crippen molar-refractivity contribution in [3.63, 3.8) is 0 Å². The van der Waals surface area contributed by atoms with Crippen LogP contribution in [0.1, 0.15) is 16.2 Å². The van der Waals surface area contributed by atoms with Crippen molar-refractivity contribution in [1.29, 1.82) is 0 Å². The molecule has 0 fully saturated rings. The molecule has 0 spiro atoms. The number of hydrogen-bond acceptors (Lipinski definition) is 4. The lowest BCUT2D eigenvalue weighted by molar-refractivity contribution is 0.0694. The van der Waals surface area contributed by atoms with Crippen LogP contribution >= 0.6 is 0 Å². The third-order valence-electron chi connectivity index (χ3n) is 2.77. The van der Waals surface area contributed by atoms with E-state index in [0.717, 1.165) is 0 Å². The number of aromatic hydroxyl groups is 1. The van der Waals surface area contributed by atoms with Crippen molar-refractivity contribution in [1.82, 2.24) is 14.9 Å². The molecule has 8 heteroatoms. The standard InChI is InChI=1S/C13H14N4O4/c1-17(7-11-14-4-5-15-11)13(21)16-8-2-3-9(12(19)20)10(18)6-8/h2-6,18H,7H2,1H3,(H,14,15)(H,16,21)(H,19,20). The fraction of sp³-hybridized carbons (Fsp3) is 0.154. The number of benzene rings is 1. The molecule has 0 radical (unpaired) electrons. The SMILES string of the molecule is CN(Cc1ncc[nH]1)C(=O)Nc1ccc(C(=O)O)c(O)c1. The third kappa shape index (κ3) is 3.50. The highest BCUT2D eigenvalue weighted by atomic mass is 16.4. The van der Waals surface area contributed by atoms with Gasteiger partial charge in [0.05, 0.1) is 6.54 Å². The normalized spacial score (nSPS) is 10.1. The zero-order valence-electron chi connectivity index (χ0n) is 11.2. The maximum Gasteiger partial charge on any atom is 0.339 e. The molecule has 1 heterocycles. The van der Waals surface area contributed by atoms with Gasteiger partial charge >= 0.3 is 12.0 Å². The van der Waals surface area contributed by atoms with Crippen molar-refractivity contribution in [2.45, 2.75) is 6.54 Å². The van der Waals surface area contributed by atoms with E-state index in [1.54, 1.807) is 19.4 Å². The Bertz CT molecular complexity index is 654. The molecule has 2 amide bonds. The first kappa shape index (κ1) is 14.4. The number of imidazole rings is 1. The van der Waals surface area contributed by atoms with E-state index in [4.69, 9.17) is 5.11 Å². The average molecular weight is 290 g/mol. The number of nitrogens with one attached hydrogen (secondary N) is 2. The molecule has 0 aliphatic rings. The number of rotatable bonds is 4. The van der Waals surface area contributed by atoms with E-state index in [1.807, 2.05) is 0 Å². The molecule has 1 aromatic heterocycles. The first-order valence-corrected chi connectivity index (χ1v) is 6.04. The zero-order valence-corrected chi connectivity index (χ0v) is 11.2. The Morgan fingerprint density at radius 3 is 2.76 bits per heavy atom. The van der Waals surface area contributed by atoms with E-state index in [0.29, 0.717) is 11.5 Å². The van der Waals surface area contributed by atoms with Gasteiger partial charge in [-0.15, -0.1) is 0 Å². The molecular weight excluding hydrogens is 276 g/mol. The van der Waals surface area contributed by atoms with Crippen LogP contribution in [0.5, 0.6) is 5.75 Å². The smallest absolute Gasteiger partial charge is 0.339 e. The number of phenols is 1. The first-order chi connectivity index (χ1) is 9.97. The predicted octanol–water partition coefficient (Wildman–Crippen LogP) is 1.48. The molecule has 0 aliphatic heterocycles. The lowest BCUT2D eigenvalue weighted by Gasteiger charge is -2.17. The molecule has 4 N–H and O–H groups in total. The molecule has 8 nitrogen and oxygen atoms in total. The number of aromatic carboxylic acids is 1. The summed E-state index contributed by atoms with van der Waals surface area (Å²) in [5.41, 5.74) is 0.0748. The van der Waals surface area contributed by atoms with E-state index >= 15 is 0 Å². The fourth-order valence-electron chi connectivity index (χ4n) is 1.69. The number of H-pyrrole nitrogens is 1. The molecule has 110 valence electrons. The molecule has 0 saturated heterocycles. The second-order valence-electron chi connectivity index (χ2n) is 4.36. The second-order valence-corrected chi connectivity index (χ2v) is 4.36. The Kier molecular flexibility index (Phi) is 4.07. The van der Waals surface area contributed by atoms with Crippen molar-refractivity contribution in [2.75, 3.05) is 12.4 Å². The molecule has 2 aromatic rings. The first-order valence-electron chi connectivity index (χ1n) is 6.04. The molecule has 21 heavy (non-hydrogen) atoms. The maximum absolute atomic E-state index is 11.9. The van der Waals surface area contributed by atoms with Crippen molar-refractivity contribution in [2.24, 2.45) is 0 Å². The minimum atomic E-state index is -1.24. The molecule has 0 bridgehead atoms. The number of urea groups is 1. The van der Waals surface area contributed by atoms with Crippen LogP contribution in [0.15, 0.2) is 30.6 Å². The minimum absolute atomic E-state index is 0.225. The Labute approximate surface area is 120 Å². The zero-order chi connectivity index (χ0) is 15.4. The van der Waals surface area contributed by atoms with E-state index in [1.165, 1.54) is 23.1 Å². The summed E-state index contributed by atoms with van der Waals surface area (Å²) in [4.78, 5) is 31.0. The number of anilines is 1. The lowest BCUT2D eigenvalue weighted by Crippen LogP contribution is -2.31. The molecule has 0 unspecified atom stereocenters. The summed E-state index contributed by atoms with van der Waals surface area (Å²) < 4.78 is 0. The molecule has 0 atom stereocenters. The van der Waals surface area contributed by atoms with Crippen LogP contribution < -0.4 is 5.32 Å². The van der Waals surface area contributed by atoms with Crippen molar-refractivity contribution >= 4 is 17.7 Å². The van der Waals surface area contributed by atoms with Crippen LogP contribution in [0.4, 0.5) is 10.5 Å². The van der Waals surface area contributed by atoms with Gasteiger partial charge in [0.15, 0.2) is 0 Å². The summed E-state index contributed by atoms with van der Waals surface area (Å²) >= 11 is 0. The highest BCUT2D eigenvalue weighted by Crippen LogP contribution is 2.22. The summed E-state index contributed by atoms with van der Waals surface area (Å²) in [6, 6.07) is 3.40. The van der Waals surface area contributed by atoms with Crippen LogP contribution in [-0.4, -0.2) is 44.1 Å². The topological polar surface area (TPSA) is 119 Å². The Morgan fingerprint density at radius 1 is 1.43 bits per heavy atom. The fourth-order valence-corrected chi connectivity index (χ4v) is 1.69. The summed E-state index contributed by atoms with van der Waals surface area (Å²) in [7, 11) is 1.59. The molecule has 2 rings (SSSR count). The number of carbonyl (C=O) groups excluding carboxylic acids is 1. The van der Waals surface area contributed by atoms with Crippen LogP contribution in [0.25, 0.3) is 0 Å². The van der Waals surface area contributed by atoms with Gasteiger partial charge in [0.25, 0.3) is 0 Å². The van der Waals surface area contributed by atoms with Gasteiger partial charge in [-0.2, -0.15) is 0 Å². The van der Waals surface area contributed by atoms with E-state index < -0.39 is 17.7 Å². The second kappa shape index (κ2) is 5.95. The van der Waals surface area contributed by atoms with Gasteiger partial charge < -0.3 is 25.4 Å². The molecule has 1 aromatic carbocycles. The van der Waals surface area contributed by atoms with E-state index in [-0.39, 0.29) is 12.1 Å². The van der Waals surface area contributed by atoms with Gasteiger partial charge in [-0.05, 0) is 12.1 Å². The Morgan fingerprint density at radius 2 is 2.19 bits per heavy atom. The van der Waals surface area contributed by atoms with Gasteiger partial charge in [-0.25, -0.2) is 14.6 Å². The van der Waals surface area contributed by atoms with Crippen LogP contribution in [0.2, 0.25) is 0 Å².